The zero-order valence-electron chi connectivity index (χ0n) is 13.0. The van der Waals surface area contributed by atoms with E-state index < -0.39 is 17.3 Å². The van der Waals surface area contributed by atoms with Crippen molar-refractivity contribution < 1.29 is 18.0 Å². The number of amides is 1. The fraction of sp³-hybridized carbons (Fsp3) is 0.562. The second-order valence-corrected chi connectivity index (χ2v) is 6.03. The minimum absolute atomic E-state index is 0. The van der Waals surface area contributed by atoms with Gasteiger partial charge in [0.05, 0.1) is 11.1 Å². The predicted molar refractivity (Wildman–Crippen MR) is 85.2 cm³/mol. The summed E-state index contributed by atoms with van der Waals surface area (Å²) in [6, 6.07) is 5.32. The number of nitrogens with zero attached hydrogens (tertiary/aromatic N) is 1. The molecule has 1 aliphatic rings. The van der Waals surface area contributed by atoms with Crippen LogP contribution >= 0.6 is 12.4 Å². The molecule has 0 heterocycles. The van der Waals surface area contributed by atoms with Crippen LogP contribution in [0.15, 0.2) is 24.3 Å². The first kappa shape index (κ1) is 19.8. The summed E-state index contributed by atoms with van der Waals surface area (Å²) in [6.07, 6.45) is -0.419. The predicted octanol–water partition coefficient (Wildman–Crippen LogP) is 3.75. The Balaban J connectivity index is 0.00000264. The van der Waals surface area contributed by atoms with Crippen LogP contribution in [0.4, 0.5) is 13.2 Å². The van der Waals surface area contributed by atoms with E-state index in [0.717, 1.165) is 25.3 Å². The highest BCUT2D eigenvalue weighted by atomic mass is 35.5. The quantitative estimate of drug-likeness (QED) is 0.902. The second-order valence-electron chi connectivity index (χ2n) is 6.03. The molecule has 1 saturated carbocycles. The summed E-state index contributed by atoms with van der Waals surface area (Å²) in [7, 11) is 1.51. The highest BCUT2D eigenvalue weighted by molar-refractivity contribution is 5.86. The summed E-state index contributed by atoms with van der Waals surface area (Å²) < 4.78 is 39.0. The van der Waals surface area contributed by atoms with Crippen molar-refractivity contribution in [3.8, 4) is 0 Å². The minimum Gasteiger partial charge on any atom is -0.340 e. The van der Waals surface area contributed by atoms with E-state index in [1.807, 2.05) is 0 Å². The van der Waals surface area contributed by atoms with Crippen molar-refractivity contribution in [2.75, 3.05) is 7.05 Å². The number of nitrogens with two attached hydrogens (primary N) is 1. The van der Waals surface area contributed by atoms with Crippen molar-refractivity contribution in [1.82, 2.24) is 4.90 Å². The Morgan fingerprint density at radius 2 is 1.78 bits per heavy atom. The first-order valence-electron chi connectivity index (χ1n) is 7.43. The maximum Gasteiger partial charge on any atom is 0.416 e. The number of hydrogen-bond acceptors (Lipinski definition) is 2. The third-order valence-corrected chi connectivity index (χ3v) is 4.25. The van der Waals surface area contributed by atoms with Gasteiger partial charge in [0, 0.05) is 13.6 Å². The molecule has 2 rings (SSSR count). The minimum atomic E-state index is -4.42. The maximum atomic E-state index is 13.0. The van der Waals surface area contributed by atoms with E-state index in [1.54, 1.807) is 6.07 Å². The van der Waals surface area contributed by atoms with E-state index in [0.29, 0.717) is 12.8 Å². The fourth-order valence-corrected chi connectivity index (χ4v) is 3.04. The average Bonchev–Trinajstić information content (AvgIpc) is 2.46. The molecule has 3 nitrogen and oxygen atoms in total. The van der Waals surface area contributed by atoms with Crippen molar-refractivity contribution in [3.05, 3.63) is 35.4 Å². The lowest BCUT2D eigenvalue weighted by molar-refractivity contribution is -0.141. The van der Waals surface area contributed by atoms with Crippen LogP contribution in [0.3, 0.4) is 0 Å². The summed E-state index contributed by atoms with van der Waals surface area (Å²) in [6.45, 7) is -0.0898. The SMILES string of the molecule is CN(Cc1ccccc1C(F)(F)F)C(=O)C1(N)CCCCC1.Cl. The molecular formula is C16H22ClF3N2O. The molecule has 0 unspecified atom stereocenters. The van der Waals surface area contributed by atoms with Crippen molar-refractivity contribution in [1.29, 1.82) is 0 Å². The largest absolute Gasteiger partial charge is 0.416 e. The van der Waals surface area contributed by atoms with E-state index in [2.05, 4.69) is 0 Å². The lowest BCUT2D eigenvalue weighted by atomic mass is 9.81. The number of rotatable bonds is 3. The molecule has 0 atom stereocenters. The highest BCUT2D eigenvalue weighted by Crippen LogP contribution is 2.33. The van der Waals surface area contributed by atoms with Crippen molar-refractivity contribution in [2.45, 2.75) is 50.4 Å². The van der Waals surface area contributed by atoms with Gasteiger partial charge in [-0.2, -0.15) is 13.2 Å². The standard InChI is InChI=1S/C16H21F3N2O.ClH/c1-21(14(22)15(20)9-5-2-6-10-15)11-12-7-3-4-8-13(12)16(17,18)19;/h3-4,7-8H,2,5-6,9-11,20H2,1H3;1H. The maximum absolute atomic E-state index is 13.0. The summed E-state index contributed by atoms with van der Waals surface area (Å²) >= 11 is 0. The van der Waals surface area contributed by atoms with Gasteiger partial charge in [0.2, 0.25) is 5.91 Å². The molecular weight excluding hydrogens is 329 g/mol. The Kier molecular flexibility index (Phi) is 6.48. The Bertz CT molecular complexity index is 542. The molecule has 0 radical (unpaired) electrons. The molecule has 7 heteroatoms. The number of alkyl halides is 3. The monoisotopic (exact) mass is 350 g/mol. The first-order chi connectivity index (χ1) is 10.2. The Labute approximate surface area is 140 Å². The normalized spacial score (nSPS) is 17.3. The summed E-state index contributed by atoms with van der Waals surface area (Å²) in [5.41, 5.74) is 4.62. The molecule has 2 N–H and O–H groups in total. The molecule has 23 heavy (non-hydrogen) atoms. The van der Waals surface area contributed by atoms with Gasteiger partial charge in [-0.3, -0.25) is 4.79 Å². The molecule has 0 aromatic heterocycles. The smallest absolute Gasteiger partial charge is 0.340 e. The van der Waals surface area contributed by atoms with Gasteiger partial charge in [0.25, 0.3) is 0 Å². The lowest BCUT2D eigenvalue weighted by Crippen LogP contribution is -2.55. The summed E-state index contributed by atoms with van der Waals surface area (Å²) in [5, 5.41) is 0. The average molecular weight is 351 g/mol. The first-order valence-corrected chi connectivity index (χ1v) is 7.43. The molecule has 0 aliphatic heterocycles. The van der Waals surface area contributed by atoms with Gasteiger partial charge in [-0.25, -0.2) is 0 Å². The van der Waals surface area contributed by atoms with E-state index >= 15 is 0 Å². The Hall–Kier alpha value is -1.27. The van der Waals surface area contributed by atoms with Crippen molar-refractivity contribution in [2.24, 2.45) is 5.73 Å². The number of likely N-dealkylation sites (N-methyl/N-ethyl adjacent to an activating group) is 1. The van der Waals surface area contributed by atoms with Crippen LogP contribution < -0.4 is 5.73 Å². The van der Waals surface area contributed by atoms with Crippen LogP contribution in [0, 0.1) is 0 Å². The van der Waals surface area contributed by atoms with Gasteiger partial charge in [0.15, 0.2) is 0 Å². The zero-order valence-corrected chi connectivity index (χ0v) is 13.8. The van der Waals surface area contributed by atoms with Gasteiger partial charge in [-0.15, -0.1) is 12.4 Å². The van der Waals surface area contributed by atoms with E-state index in [-0.39, 0.29) is 30.4 Å². The molecule has 1 aliphatic carbocycles. The van der Waals surface area contributed by atoms with E-state index in [4.69, 9.17) is 5.73 Å². The van der Waals surface area contributed by atoms with Crippen LogP contribution in [0.5, 0.6) is 0 Å². The van der Waals surface area contributed by atoms with Gasteiger partial charge in [-0.1, -0.05) is 37.5 Å². The molecule has 0 bridgehead atoms. The Morgan fingerprint density at radius 3 is 2.35 bits per heavy atom. The molecule has 1 aromatic carbocycles. The van der Waals surface area contributed by atoms with Crippen molar-refractivity contribution >= 4 is 18.3 Å². The van der Waals surface area contributed by atoms with Gasteiger partial charge < -0.3 is 10.6 Å². The topological polar surface area (TPSA) is 46.3 Å². The summed E-state index contributed by atoms with van der Waals surface area (Å²) in [4.78, 5) is 13.8. The summed E-state index contributed by atoms with van der Waals surface area (Å²) in [5.74, 6) is -0.274. The number of halogens is 4. The Morgan fingerprint density at radius 1 is 1.22 bits per heavy atom. The number of hydrogen-bond donors (Lipinski definition) is 1. The number of benzene rings is 1. The van der Waals surface area contributed by atoms with Crippen LogP contribution in [-0.4, -0.2) is 23.4 Å². The molecule has 1 amide bonds. The molecule has 1 fully saturated rings. The molecule has 0 spiro atoms. The van der Waals surface area contributed by atoms with Gasteiger partial charge in [0.1, 0.15) is 0 Å². The third kappa shape index (κ3) is 4.61. The van der Waals surface area contributed by atoms with E-state index in [1.165, 1.54) is 24.1 Å². The molecule has 1 aromatic rings. The second kappa shape index (κ2) is 7.53. The van der Waals surface area contributed by atoms with Gasteiger partial charge >= 0.3 is 6.18 Å². The van der Waals surface area contributed by atoms with Crippen molar-refractivity contribution in [3.63, 3.8) is 0 Å². The number of carbonyl (C=O) groups is 1. The van der Waals surface area contributed by atoms with E-state index in [9.17, 15) is 18.0 Å². The fourth-order valence-electron chi connectivity index (χ4n) is 3.04. The van der Waals surface area contributed by atoms with Crippen LogP contribution in [0.1, 0.15) is 43.2 Å². The highest BCUT2D eigenvalue weighted by Gasteiger charge is 2.38. The molecule has 130 valence electrons. The molecule has 0 saturated heterocycles. The van der Waals surface area contributed by atoms with Crippen LogP contribution in [0.2, 0.25) is 0 Å². The van der Waals surface area contributed by atoms with Gasteiger partial charge in [-0.05, 0) is 24.5 Å². The lowest BCUT2D eigenvalue weighted by Gasteiger charge is -2.35. The number of carbonyl (C=O) groups excluding carboxylic acids is 1. The van der Waals surface area contributed by atoms with Crippen LogP contribution in [0.25, 0.3) is 0 Å². The van der Waals surface area contributed by atoms with Crippen LogP contribution in [-0.2, 0) is 17.5 Å². The third-order valence-electron chi connectivity index (χ3n) is 4.25. The zero-order chi connectivity index (χ0) is 16.4.